The summed E-state index contributed by atoms with van der Waals surface area (Å²) in [6, 6.07) is 0. The molecule has 1 aliphatic heterocycles. The van der Waals surface area contributed by atoms with Crippen LogP contribution in [-0.2, 0) is 4.79 Å². The largest absolute Gasteiger partial charge is 0.479 e. The minimum atomic E-state index is -1.68. The van der Waals surface area contributed by atoms with Crippen molar-refractivity contribution >= 4 is 5.97 Å². The van der Waals surface area contributed by atoms with E-state index in [2.05, 4.69) is 0 Å². The third-order valence-corrected chi connectivity index (χ3v) is 1.45. The molecule has 3 N–H and O–H groups in total. The van der Waals surface area contributed by atoms with E-state index in [1.165, 1.54) is 0 Å². The third kappa shape index (κ3) is 1.04. The van der Waals surface area contributed by atoms with Gasteiger partial charge < -0.3 is 15.5 Å². The lowest BCUT2D eigenvalue weighted by Crippen LogP contribution is -2.40. The standard InChI is InChI=1S/C5H9NO3/c7-4(8)5(9)1-2-6-3-5/h6,9H,1-3H2,(H,7,8)/i/hD. The summed E-state index contributed by atoms with van der Waals surface area (Å²) in [4.78, 5) is 10.3. The minimum absolute atomic E-state index is 0.0949. The van der Waals surface area contributed by atoms with E-state index < -0.39 is 11.6 Å². The first-order valence-corrected chi connectivity index (χ1v) is 2.74. The molecule has 0 saturated carbocycles. The van der Waals surface area contributed by atoms with Gasteiger partial charge in [0.1, 0.15) is 1.41 Å². The Bertz CT molecular complexity index is 163. The van der Waals surface area contributed by atoms with Gasteiger partial charge in [-0.15, -0.1) is 0 Å². The van der Waals surface area contributed by atoms with E-state index in [1.54, 1.807) is 0 Å². The van der Waals surface area contributed by atoms with E-state index >= 15 is 0 Å². The highest BCUT2D eigenvalue weighted by atomic mass is 16.4. The van der Waals surface area contributed by atoms with Crippen LogP contribution in [0, 0.1) is 0 Å². The molecule has 0 aromatic rings. The molecule has 0 aliphatic carbocycles. The van der Waals surface area contributed by atoms with Crippen LogP contribution in [0.25, 0.3) is 0 Å². The fourth-order valence-electron chi connectivity index (χ4n) is 0.782. The third-order valence-electron chi connectivity index (χ3n) is 1.45. The lowest BCUT2D eigenvalue weighted by atomic mass is 10.1. The van der Waals surface area contributed by atoms with Crippen molar-refractivity contribution < 1.29 is 16.4 Å². The van der Waals surface area contributed by atoms with Gasteiger partial charge in [0, 0.05) is 13.0 Å². The topological polar surface area (TPSA) is 69.6 Å². The molecule has 1 atom stereocenters. The molecule has 0 bridgehead atoms. The molecular weight excluding hydrogens is 122 g/mol. The van der Waals surface area contributed by atoms with Crippen molar-refractivity contribution in [2.75, 3.05) is 13.1 Å². The van der Waals surface area contributed by atoms with Crippen LogP contribution in [0.15, 0.2) is 0 Å². The highest BCUT2D eigenvalue weighted by Crippen LogP contribution is 2.13. The number of aliphatic hydroxyl groups is 1. The number of nitrogens with one attached hydrogen (secondary N) is 1. The molecule has 1 saturated heterocycles. The summed E-state index contributed by atoms with van der Waals surface area (Å²) in [7, 11) is 0. The van der Waals surface area contributed by atoms with Crippen molar-refractivity contribution in [1.29, 1.82) is 0 Å². The highest BCUT2D eigenvalue weighted by molar-refractivity contribution is 5.77. The quantitative estimate of drug-likeness (QED) is 0.419. The van der Waals surface area contributed by atoms with Crippen LogP contribution in [0.4, 0.5) is 0 Å². The summed E-state index contributed by atoms with van der Waals surface area (Å²) in [5, 5.41) is 18.7. The number of aliphatic carboxylic acids is 1. The molecule has 52 valence electrons. The SMILES string of the molecule is [2H]N1CCC(O)(C(=O)O)C1. The molecule has 1 aliphatic rings. The molecule has 4 nitrogen and oxygen atoms in total. The second kappa shape index (κ2) is 1.97. The average molecular weight is 132 g/mol. The maximum Gasteiger partial charge on any atom is 0.337 e. The van der Waals surface area contributed by atoms with Crippen molar-refractivity contribution in [2.24, 2.45) is 0 Å². The fraction of sp³-hybridized carbons (Fsp3) is 0.800. The van der Waals surface area contributed by atoms with Gasteiger partial charge in [-0.3, -0.25) is 0 Å². The van der Waals surface area contributed by atoms with Gasteiger partial charge in [0.25, 0.3) is 0 Å². The lowest BCUT2D eigenvalue weighted by Gasteiger charge is -2.13. The highest BCUT2D eigenvalue weighted by Gasteiger charge is 2.38. The van der Waals surface area contributed by atoms with Crippen molar-refractivity contribution in [3.8, 4) is 0 Å². The Balaban J connectivity index is 2.63. The van der Waals surface area contributed by atoms with Gasteiger partial charge in [0.15, 0.2) is 5.60 Å². The Kier molecular flexibility index (Phi) is 1.13. The summed E-state index contributed by atoms with van der Waals surface area (Å²) in [5.74, 6) is -1.23. The van der Waals surface area contributed by atoms with E-state index in [-0.39, 0.29) is 13.0 Å². The second-order valence-corrected chi connectivity index (χ2v) is 2.19. The zero-order chi connectivity index (χ0) is 7.78. The van der Waals surface area contributed by atoms with Crippen LogP contribution in [0.5, 0.6) is 0 Å². The monoisotopic (exact) mass is 132 g/mol. The first kappa shape index (κ1) is 5.20. The number of β-amino-alcohol motifs (C(OH)–C–C–N with tert-alkyl or cyclic N) is 1. The van der Waals surface area contributed by atoms with Crippen LogP contribution >= 0.6 is 0 Å². The van der Waals surface area contributed by atoms with Gasteiger partial charge in [-0.1, -0.05) is 0 Å². The Labute approximate surface area is 54.0 Å². The van der Waals surface area contributed by atoms with E-state index in [0.29, 0.717) is 6.54 Å². The molecule has 0 amide bonds. The van der Waals surface area contributed by atoms with Crippen molar-refractivity contribution in [1.82, 2.24) is 5.31 Å². The molecule has 0 aromatic carbocycles. The predicted molar refractivity (Wildman–Crippen MR) is 30.1 cm³/mol. The average Bonchev–Trinajstić information content (AvgIpc) is 2.13. The van der Waals surface area contributed by atoms with Gasteiger partial charge in [-0.05, 0) is 6.54 Å². The summed E-state index contributed by atoms with van der Waals surface area (Å²) >= 11 is 0. The first-order chi connectivity index (χ1) is 4.54. The lowest BCUT2D eigenvalue weighted by molar-refractivity contribution is -0.156. The van der Waals surface area contributed by atoms with Crippen LogP contribution in [0.1, 0.15) is 6.42 Å². The van der Waals surface area contributed by atoms with Gasteiger partial charge in [0.05, 0.1) is 0 Å². The molecule has 4 heteroatoms. The molecule has 1 rings (SSSR count). The van der Waals surface area contributed by atoms with Crippen LogP contribution in [0.3, 0.4) is 0 Å². The molecule has 1 fully saturated rings. The Hall–Kier alpha value is -0.610. The number of hydrogen-bond donors (Lipinski definition) is 3. The van der Waals surface area contributed by atoms with E-state index in [9.17, 15) is 9.90 Å². The molecular formula is C5H9NO3. The molecule has 1 heterocycles. The summed E-state index contributed by atoms with van der Waals surface area (Å²) in [6.07, 6.45) is 0.145. The predicted octanol–water partition coefficient (Wildman–Crippen LogP) is -1.20. The van der Waals surface area contributed by atoms with Crippen LogP contribution < -0.4 is 5.31 Å². The van der Waals surface area contributed by atoms with Crippen LogP contribution in [-0.4, -0.2) is 34.9 Å². The zero-order valence-corrected chi connectivity index (χ0v) is 4.87. The van der Waals surface area contributed by atoms with Crippen molar-refractivity contribution in [3.63, 3.8) is 0 Å². The molecule has 1 unspecified atom stereocenters. The Morgan fingerprint density at radius 3 is 2.78 bits per heavy atom. The number of carbonyl (C=O) groups is 1. The molecule has 0 aromatic heterocycles. The maximum atomic E-state index is 10.3. The van der Waals surface area contributed by atoms with Gasteiger partial charge in [0.2, 0.25) is 0 Å². The van der Waals surface area contributed by atoms with E-state index in [1.807, 2.05) is 0 Å². The maximum absolute atomic E-state index is 10.3. The number of rotatable bonds is 1. The fourth-order valence-corrected chi connectivity index (χ4v) is 0.782. The van der Waals surface area contributed by atoms with E-state index in [4.69, 9.17) is 6.52 Å². The molecule has 0 radical (unpaired) electrons. The number of carboxylic acids is 1. The Morgan fingerprint density at radius 1 is 1.89 bits per heavy atom. The van der Waals surface area contributed by atoms with Gasteiger partial charge >= 0.3 is 5.97 Å². The second-order valence-electron chi connectivity index (χ2n) is 2.19. The van der Waals surface area contributed by atoms with Gasteiger partial charge in [-0.2, -0.15) is 0 Å². The summed E-state index contributed by atoms with van der Waals surface area (Å²) in [6.45, 7) is 0.227. The molecule has 9 heavy (non-hydrogen) atoms. The van der Waals surface area contributed by atoms with Crippen LogP contribution in [0.2, 0.25) is 1.41 Å². The minimum Gasteiger partial charge on any atom is -0.479 e. The Morgan fingerprint density at radius 2 is 2.56 bits per heavy atom. The first-order valence-electron chi connectivity index (χ1n) is 3.19. The number of hydrogen-bond acceptors (Lipinski definition) is 3. The van der Waals surface area contributed by atoms with Crippen molar-refractivity contribution in [3.05, 3.63) is 0 Å². The summed E-state index contributed by atoms with van der Waals surface area (Å²) in [5.41, 5.74) is -1.68. The normalized spacial score (nSPS) is 38.6. The number of carboxylic acid groups (broad SMARTS) is 1. The zero-order valence-electron chi connectivity index (χ0n) is 5.87. The molecule has 0 spiro atoms. The smallest absolute Gasteiger partial charge is 0.337 e. The van der Waals surface area contributed by atoms with Crippen molar-refractivity contribution in [2.45, 2.75) is 12.0 Å². The van der Waals surface area contributed by atoms with Gasteiger partial charge in [-0.25, -0.2) is 4.79 Å². The van der Waals surface area contributed by atoms with E-state index in [0.717, 1.165) is 5.31 Å². The summed E-state index contributed by atoms with van der Waals surface area (Å²) < 4.78 is 6.99.